The zero-order valence-corrected chi connectivity index (χ0v) is 14.3. The van der Waals surface area contributed by atoms with Gasteiger partial charge in [-0.1, -0.05) is 37.3 Å². The first-order valence-corrected chi connectivity index (χ1v) is 9.45. The maximum absolute atomic E-state index is 12.5. The third kappa shape index (κ3) is 3.34. The lowest BCUT2D eigenvalue weighted by Gasteiger charge is -2.25. The fourth-order valence-corrected chi connectivity index (χ4v) is 3.94. The zero-order chi connectivity index (χ0) is 17.2. The lowest BCUT2D eigenvalue weighted by molar-refractivity contribution is 0.0940. The molecule has 6 heteroatoms. The Kier molecular flexibility index (Phi) is 4.69. The molecule has 0 spiro atoms. The van der Waals surface area contributed by atoms with Crippen LogP contribution in [0.3, 0.4) is 0 Å². The van der Waals surface area contributed by atoms with E-state index in [0.29, 0.717) is 12.1 Å². The minimum absolute atomic E-state index is 0.0800. The molecular weight excluding hydrogens is 324 g/mol. The predicted molar refractivity (Wildman–Crippen MR) is 92.5 cm³/mol. The van der Waals surface area contributed by atoms with Crippen molar-refractivity contribution < 1.29 is 13.2 Å². The maximum atomic E-state index is 12.5. The summed E-state index contributed by atoms with van der Waals surface area (Å²) in [4.78, 5) is 12.1. The van der Waals surface area contributed by atoms with Gasteiger partial charge in [0.25, 0.3) is 5.91 Å². The smallest absolute Gasteiger partial charge is 0.251 e. The zero-order valence-electron chi connectivity index (χ0n) is 13.5. The van der Waals surface area contributed by atoms with Crippen molar-refractivity contribution in [2.75, 3.05) is 13.1 Å². The van der Waals surface area contributed by atoms with Crippen LogP contribution in [0.25, 0.3) is 0 Å². The third-order valence-electron chi connectivity index (χ3n) is 4.32. The number of hydrogen-bond donors (Lipinski definition) is 2. The summed E-state index contributed by atoms with van der Waals surface area (Å²) in [5.74, 6) is -0.191. The van der Waals surface area contributed by atoms with Crippen molar-refractivity contribution in [1.29, 1.82) is 0 Å². The number of fused-ring (bicyclic) bond motifs is 1. The SMILES string of the molecule is CCc1ccc(S(=O)(=O)NCC2CNC(=O)c3ccccc32)cc1. The van der Waals surface area contributed by atoms with Crippen LogP contribution in [0.1, 0.15) is 34.3 Å². The molecule has 24 heavy (non-hydrogen) atoms. The Balaban J connectivity index is 1.75. The fraction of sp³-hybridized carbons (Fsp3) is 0.278. The summed E-state index contributed by atoms with van der Waals surface area (Å²) >= 11 is 0. The number of carbonyl (C=O) groups is 1. The molecule has 0 bridgehead atoms. The van der Waals surface area contributed by atoms with Gasteiger partial charge in [-0.15, -0.1) is 0 Å². The molecule has 1 amide bonds. The molecule has 0 saturated carbocycles. The van der Waals surface area contributed by atoms with E-state index < -0.39 is 10.0 Å². The van der Waals surface area contributed by atoms with Crippen molar-refractivity contribution in [3.05, 3.63) is 65.2 Å². The quantitative estimate of drug-likeness (QED) is 0.872. The standard InChI is InChI=1S/C18H20N2O3S/c1-2-13-7-9-15(10-8-13)24(22,23)20-12-14-11-19-18(21)17-6-4-3-5-16(14)17/h3-10,14,20H,2,11-12H2,1H3,(H,19,21). The number of benzene rings is 2. The fourth-order valence-electron chi connectivity index (χ4n) is 2.86. The first kappa shape index (κ1) is 16.7. The van der Waals surface area contributed by atoms with Crippen LogP contribution < -0.4 is 10.0 Å². The van der Waals surface area contributed by atoms with E-state index in [2.05, 4.69) is 10.0 Å². The van der Waals surface area contributed by atoms with Gasteiger partial charge in [0.05, 0.1) is 4.90 Å². The summed E-state index contributed by atoms with van der Waals surface area (Å²) in [5.41, 5.74) is 2.59. The molecule has 0 aromatic heterocycles. The van der Waals surface area contributed by atoms with Crippen LogP contribution in [-0.4, -0.2) is 27.4 Å². The van der Waals surface area contributed by atoms with Gasteiger partial charge in [0, 0.05) is 24.6 Å². The van der Waals surface area contributed by atoms with Gasteiger partial charge in [-0.2, -0.15) is 0 Å². The van der Waals surface area contributed by atoms with Crippen LogP contribution in [0, 0.1) is 0 Å². The molecule has 0 fully saturated rings. The molecule has 2 N–H and O–H groups in total. The number of rotatable bonds is 5. The average Bonchev–Trinajstić information content (AvgIpc) is 2.61. The molecule has 1 atom stereocenters. The molecule has 0 radical (unpaired) electrons. The Bertz CT molecular complexity index is 845. The molecule has 5 nitrogen and oxygen atoms in total. The summed E-state index contributed by atoms with van der Waals surface area (Å²) in [6.07, 6.45) is 0.867. The molecule has 0 aliphatic carbocycles. The van der Waals surface area contributed by atoms with Gasteiger partial charge in [0.2, 0.25) is 10.0 Å². The summed E-state index contributed by atoms with van der Waals surface area (Å²) in [7, 11) is -3.56. The van der Waals surface area contributed by atoms with E-state index in [0.717, 1.165) is 17.5 Å². The highest BCUT2D eigenvalue weighted by Crippen LogP contribution is 2.23. The van der Waals surface area contributed by atoms with Crippen molar-refractivity contribution in [3.63, 3.8) is 0 Å². The van der Waals surface area contributed by atoms with E-state index in [4.69, 9.17) is 0 Å². The van der Waals surface area contributed by atoms with Crippen LogP contribution in [0.5, 0.6) is 0 Å². The molecule has 126 valence electrons. The molecule has 1 aliphatic rings. The summed E-state index contributed by atoms with van der Waals surface area (Å²) in [6.45, 7) is 2.69. The first-order valence-electron chi connectivity index (χ1n) is 7.97. The van der Waals surface area contributed by atoms with Crippen LogP contribution >= 0.6 is 0 Å². The van der Waals surface area contributed by atoms with Gasteiger partial charge < -0.3 is 5.32 Å². The minimum atomic E-state index is -3.56. The summed E-state index contributed by atoms with van der Waals surface area (Å²) < 4.78 is 27.6. The van der Waals surface area contributed by atoms with E-state index in [-0.39, 0.29) is 23.3 Å². The molecule has 1 unspecified atom stereocenters. The van der Waals surface area contributed by atoms with Crippen LogP contribution in [0.15, 0.2) is 53.4 Å². The number of nitrogens with one attached hydrogen (secondary N) is 2. The Morgan fingerprint density at radius 2 is 1.83 bits per heavy atom. The highest BCUT2D eigenvalue weighted by Gasteiger charge is 2.26. The van der Waals surface area contributed by atoms with Crippen molar-refractivity contribution in [1.82, 2.24) is 10.0 Å². The largest absolute Gasteiger partial charge is 0.351 e. The van der Waals surface area contributed by atoms with Gasteiger partial charge in [-0.25, -0.2) is 13.1 Å². The van der Waals surface area contributed by atoms with Crippen LogP contribution in [-0.2, 0) is 16.4 Å². The molecule has 3 rings (SSSR count). The highest BCUT2D eigenvalue weighted by atomic mass is 32.2. The molecule has 0 saturated heterocycles. The second kappa shape index (κ2) is 6.75. The highest BCUT2D eigenvalue weighted by molar-refractivity contribution is 7.89. The van der Waals surface area contributed by atoms with E-state index in [1.54, 1.807) is 24.3 Å². The molecule has 2 aromatic carbocycles. The molecular formula is C18H20N2O3S. The lowest BCUT2D eigenvalue weighted by Crippen LogP contribution is -2.40. The van der Waals surface area contributed by atoms with E-state index in [1.165, 1.54) is 0 Å². The second-order valence-electron chi connectivity index (χ2n) is 5.84. The molecule has 1 heterocycles. The number of carbonyl (C=O) groups excluding carboxylic acids is 1. The van der Waals surface area contributed by atoms with E-state index in [1.807, 2.05) is 31.2 Å². The number of aryl methyl sites for hydroxylation is 1. The van der Waals surface area contributed by atoms with Gasteiger partial charge >= 0.3 is 0 Å². The van der Waals surface area contributed by atoms with Gasteiger partial charge in [0.15, 0.2) is 0 Å². The molecule has 2 aromatic rings. The first-order chi connectivity index (χ1) is 11.5. The Morgan fingerprint density at radius 1 is 1.12 bits per heavy atom. The third-order valence-corrected chi connectivity index (χ3v) is 5.76. The summed E-state index contributed by atoms with van der Waals surface area (Å²) in [6, 6.07) is 14.2. The van der Waals surface area contributed by atoms with Crippen molar-refractivity contribution in [2.24, 2.45) is 0 Å². The predicted octanol–water partition coefficient (Wildman–Crippen LogP) is 2.05. The number of hydrogen-bond acceptors (Lipinski definition) is 3. The van der Waals surface area contributed by atoms with Crippen molar-refractivity contribution in [2.45, 2.75) is 24.2 Å². The maximum Gasteiger partial charge on any atom is 0.251 e. The monoisotopic (exact) mass is 344 g/mol. The minimum Gasteiger partial charge on any atom is -0.351 e. The van der Waals surface area contributed by atoms with Crippen molar-refractivity contribution >= 4 is 15.9 Å². The van der Waals surface area contributed by atoms with Gasteiger partial charge in [-0.05, 0) is 35.7 Å². The molecule has 1 aliphatic heterocycles. The average molecular weight is 344 g/mol. The second-order valence-corrected chi connectivity index (χ2v) is 7.61. The topological polar surface area (TPSA) is 75.3 Å². The van der Waals surface area contributed by atoms with E-state index in [9.17, 15) is 13.2 Å². The summed E-state index contributed by atoms with van der Waals surface area (Å²) in [5, 5.41) is 2.81. The van der Waals surface area contributed by atoms with Crippen molar-refractivity contribution in [3.8, 4) is 0 Å². The van der Waals surface area contributed by atoms with Crippen LogP contribution in [0.2, 0.25) is 0 Å². The Hall–Kier alpha value is -2.18. The normalized spacial score (nSPS) is 17.2. The number of amides is 1. The lowest BCUT2D eigenvalue weighted by atomic mass is 9.91. The van der Waals surface area contributed by atoms with Crippen LogP contribution in [0.4, 0.5) is 0 Å². The number of sulfonamides is 1. The van der Waals surface area contributed by atoms with Gasteiger partial charge in [-0.3, -0.25) is 4.79 Å². The van der Waals surface area contributed by atoms with E-state index >= 15 is 0 Å². The van der Waals surface area contributed by atoms with Gasteiger partial charge in [0.1, 0.15) is 0 Å². The Morgan fingerprint density at radius 3 is 2.54 bits per heavy atom. The Labute approximate surface area is 142 Å².